The van der Waals surface area contributed by atoms with Crippen molar-refractivity contribution in [3.05, 3.63) is 33.9 Å². The maximum Gasteiger partial charge on any atom is 0.414 e. The third kappa shape index (κ3) is 4.18. The molecule has 0 N–H and O–H groups in total. The normalized spacial score (nSPS) is 10.8. The fraction of sp³-hybridized carbons (Fsp3) is 0.429. The van der Waals surface area contributed by atoms with Crippen LogP contribution in [0.3, 0.4) is 0 Å². The molecule has 22 heavy (non-hydrogen) atoms. The zero-order valence-electron chi connectivity index (χ0n) is 13.1. The fourth-order valence-electron chi connectivity index (χ4n) is 1.60. The van der Waals surface area contributed by atoms with E-state index in [9.17, 15) is 19.7 Å². The second-order valence-corrected chi connectivity index (χ2v) is 5.49. The van der Waals surface area contributed by atoms with Gasteiger partial charge in [-0.3, -0.25) is 15.0 Å². The summed E-state index contributed by atoms with van der Waals surface area (Å²) in [6.07, 6.45) is -0.660. The van der Waals surface area contributed by atoms with Crippen LogP contribution in [0.2, 0.25) is 0 Å². The quantitative estimate of drug-likeness (QED) is 0.483. The number of anilines is 1. The lowest BCUT2D eigenvalue weighted by Crippen LogP contribution is -2.34. The number of hydrogen-bond donors (Lipinski definition) is 0. The van der Waals surface area contributed by atoms with E-state index < -0.39 is 28.3 Å². The molecule has 0 atom stereocenters. The second-order valence-electron chi connectivity index (χ2n) is 5.49. The van der Waals surface area contributed by atoms with Crippen molar-refractivity contribution in [2.45, 2.75) is 26.4 Å². The Hall–Kier alpha value is -2.64. The average Bonchev–Trinajstić information content (AvgIpc) is 2.43. The summed E-state index contributed by atoms with van der Waals surface area (Å²) in [5.74, 6) is -0.821. The number of nitrogens with zero attached hydrogens (tertiary/aromatic N) is 2. The van der Waals surface area contributed by atoms with E-state index >= 15 is 0 Å². The van der Waals surface area contributed by atoms with Gasteiger partial charge in [0.05, 0.1) is 17.7 Å². The van der Waals surface area contributed by atoms with E-state index in [4.69, 9.17) is 4.74 Å². The number of hydrogen-bond acceptors (Lipinski definition) is 6. The number of esters is 1. The molecule has 1 amide bonds. The van der Waals surface area contributed by atoms with Crippen molar-refractivity contribution in [3.8, 4) is 0 Å². The number of ether oxygens (including phenoxy) is 2. The van der Waals surface area contributed by atoms with E-state index in [0.717, 1.165) is 18.1 Å². The first kappa shape index (κ1) is 17.4. The van der Waals surface area contributed by atoms with Crippen molar-refractivity contribution in [2.24, 2.45) is 0 Å². The standard InChI is InChI=1S/C14H18N2O6/c1-14(2,3)22-13(18)15(4)9-6-7-10(12(17)21-5)11(8-9)16(19)20/h6-8H,1-5H3. The van der Waals surface area contributed by atoms with Gasteiger partial charge in [0.15, 0.2) is 0 Å². The van der Waals surface area contributed by atoms with Crippen LogP contribution in [0, 0.1) is 10.1 Å². The van der Waals surface area contributed by atoms with Gasteiger partial charge >= 0.3 is 12.1 Å². The molecule has 1 aromatic rings. The SMILES string of the molecule is COC(=O)c1ccc(N(C)C(=O)OC(C)(C)C)cc1[N+](=O)[O-]. The van der Waals surface area contributed by atoms with Gasteiger partial charge in [0.2, 0.25) is 0 Å². The molecule has 120 valence electrons. The maximum absolute atomic E-state index is 12.0. The Labute approximate surface area is 127 Å². The molecule has 0 heterocycles. The molecule has 0 saturated heterocycles. The third-order valence-electron chi connectivity index (χ3n) is 2.64. The molecule has 0 spiro atoms. The van der Waals surface area contributed by atoms with Crippen molar-refractivity contribution in [2.75, 3.05) is 19.1 Å². The van der Waals surface area contributed by atoms with Crippen LogP contribution in [0.15, 0.2) is 18.2 Å². The Bertz CT molecular complexity index is 606. The van der Waals surface area contributed by atoms with Gasteiger partial charge in [0, 0.05) is 13.1 Å². The number of carbonyl (C=O) groups is 2. The lowest BCUT2D eigenvalue weighted by Gasteiger charge is -2.24. The third-order valence-corrected chi connectivity index (χ3v) is 2.64. The lowest BCUT2D eigenvalue weighted by atomic mass is 10.1. The Kier molecular flexibility index (Phi) is 5.08. The Balaban J connectivity index is 3.17. The van der Waals surface area contributed by atoms with Gasteiger partial charge in [-0.2, -0.15) is 0 Å². The summed E-state index contributed by atoms with van der Waals surface area (Å²) in [6.45, 7) is 5.13. The van der Waals surface area contributed by atoms with E-state index in [0.29, 0.717) is 0 Å². The minimum absolute atomic E-state index is 0.186. The molecule has 8 nitrogen and oxygen atoms in total. The lowest BCUT2D eigenvalue weighted by molar-refractivity contribution is -0.385. The molecule has 0 radical (unpaired) electrons. The topological polar surface area (TPSA) is 99.0 Å². The minimum atomic E-state index is -0.821. The first-order valence-electron chi connectivity index (χ1n) is 6.40. The van der Waals surface area contributed by atoms with E-state index in [-0.39, 0.29) is 11.3 Å². The maximum atomic E-state index is 12.0. The largest absolute Gasteiger partial charge is 0.465 e. The number of rotatable bonds is 3. The summed E-state index contributed by atoms with van der Waals surface area (Å²) in [7, 11) is 2.55. The minimum Gasteiger partial charge on any atom is -0.465 e. The molecule has 0 saturated carbocycles. The molecule has 1 aromatic carbocycles. The van der Waals surface area contributed by atoms with Crippen molar-refractivity contribution in [1.29, 1.82) is 0 Å². The van der Waals surface area contributed by atoms with Crippen molar-refractivity contribution in [1.82, 2.24) is 0 Å². The number of amides is 1. The highest BCUT2D eigenvalue weighted by Crippen LogP contribution is 2.26. The Morgan fingerprint density at radius 1 is 1.27 bits per heavy atom. The predicted octanol–water partition coefficient (Wildman–Crippen LogP) is 2.75. The molecule has 0 unspecified atom stereocenters. The molecule has 8 heteroatoms. The zero-order valence-corrected chi connectivity index (χ0v) is 13.1. The van der Waals surface area contributed by atoms with Crippen LogP contribution in [-0.2, 0) is 9.47 Å². The summed E-state index contributed by atoms with van der Waals surface area (Å²) < 4.78 is 9.67. The van der Waals surface area contributed by atoms with Crippen LogP contribution >= 0.6 is 0 Å². The van der Waals surface area contributed by atoms with Crippen LogP contribution in [0.4, 0.5) is 16.2 Å². The Morgan fingerprint density at radius 3 is 2.32 bits per heavy atom. The van der Waals surface area contributed by atoms with Gasteiger partial charge in [-0.1, -0.05) is 0 Å². The first-order chi connectivity index (χ1) is 10.1. The summed E-state index contributed by atoms with van der Waals surface area (Å²) in [5, 5.41) is 11.1. The van der Waals surface area contributed by atoms with Gasteiger partial charge < -0.3 is 9.47 Å². The fourth-order valence-corrected chi connectivity index (χ4v) is 1.60. The van der Waals surface area contributed by atoms with Crippen molar-refractivity contribution < 1.29 is 24.0 Å². The van der Waals surface area contributed by atoms with Crippen LogP contribution < -0.4 is 4.90 Å². The number of methoxy groups -OCH3 is 1. The van der Waals surface area contributed by atoms with Crippen molar-refractivity contribution in [3.63, 3.8) is 0 Å². The van der Waals surface area contributed by atoms with Crippen LogP contribution in [-0.4, -0.2) is 36.7 Å². The molecule has 0 aliphatic heterocycles. The van der Waals surface area contributed by atoms with Crippen molar-refractivity contribution >= 4 is 23.4 Å². The molecular weight excluding hydrogens is 292 g/mol. The number of nitro groups is 1. The average molecular weight is 310 g/mol. The van der Waals surface area contributed by atoms with E-state index in [1.54, 1.807) is 20.8 Å². The summed E-state index contributed by atoms with van der Waals surface area (Å²) in [5.41, 5.74) is -1.09. The van der Waals surface area contributed by atoms with E-state index in [1.807, 2.05) is 0 Å². The zero-order chi connectivity index (χ0) is 17.1. The highest BCUT2D eigenvalue weighted by molar-refractivity contribution is 5.96. The number of nitro benzene ring substituents is 1. The molecule has 0 aromatic heterocycles. The van der Waals surface area contributed by atoms with Gasteiger partial charge in [-0.05, 0) is 32.9 Å². The first-order valence-corrected chi connectivity index (χ1v) is 6.40. The highest BCUT2D eigenvalue weighted by atomic mass is 16.6. The second kappa shape index (κ2) is 6.42. The summed E-state index contributed by atoms with van der Waals surface area (Å²) in [4.78, 5) is 35.0. The monoisotopic (exact) mass is 310 g/mol. The Morgan fingerprint density at radius 2 is 1.86 bits per heavy atom. The van der Waals surface area contributed by atoms with E-state index in [2.05, 4.69) is 4.74 Å². The van der Waals surface area contributed by atoms with Crippen LogP contribution in [0.1, 0.15) is 31.1 Å². The molecule has 0 aliphatic rings. The van der Waals surface area contributed by atoms with Crippen LogP contribution in [0.5, 0.6) is 0 Å². The number of carbonyl (C=O) groups excluding carboxylic acids is 2. The van der Waals surface area contributed by atoms with E-state index in [1.165, 1.54) is 19.2 Å². The molecule has 1 rings (SSSR count). The summed E-state index contributed by atoms with van der Waals surface area (Å²) >= 11 is 0. The van der Waals surface area contributed by atoms with Crippen LogP contribution in [0.25, 0.3) is 0 Å². The predicted molar refractivity (Wildman–Crippen MR) is 79.1 cm³/mol. The smallest absolute Gasteiger partial charge is 0.414 e. The van der Waals surface area contributed by atoms with Gasteiger partial charge in [-0.15, -0.1) is 0 Å². The molecule has 0 bridgehead atoms. The van der Waals surface area contributed by atoms with Gasteiger partial charge in [0.1, 0.15) is 11.2 Å². The van der Waals surface area contributed by atoms with Gasteiger partial charge in [-0.25, -0.2) is 9.59 Å². The molecule has 0 fully saturated rings. The molecular formula is C14H18N2O6. The number of benzene rings is 1. The highest BCUT2D eigenvalue weighted by Gasteiger charge is 2.25. The molecule has 0 aliphatic carbocycles. The van der Waals surface area contributed by atoms with Gasteiger partial charge in [0.25, 0.3) is 5.69 Å². The summed E-state index contributed by atoms with van der Waals surface area (Å²) in [6, 6.07) is 3.76.